The summed E-state index contributed by atoms with van der Waals surface area (Å²) >= 11 is 0. The second kappa shape index (κ2) is 10.6. The fourth-order valence-corrected chi connectivity index (χ4v) is 4.52. The summed E-state index contributed by atoms with van der Waals surface area (Å²) in [4.78, 5) is 39.3. The van der Waals surface area contributed by atoms with Crippen LogP contribution in [0.4, 0.5) is 5.69 Å². The van der Waals surface area contributed by atoms with E-state index in [0.29, 0.717) is 16.8 Å². The fraction of sp³-hybridized carbons (Fsp3) is 0.207. The number of ketones is 1. The zero-order valence-corrected chi connectivity index (χ0v) is 20.7. The molecule has 1 heterocycles. The summed E-state index contributed by atoms with van der Waals surface area (Å²) in [6, 6.07) is 17.9. The van der Waals surface area contributed by atoms with Gasteiger partial charge in [-0.15, -0.1) is 0 Å². The Balaban J connectivity index is 1.94. The Morgan fingerprint density at radius 1 is 0.865 bits per heavy atom. The Labute approximate surface area is 214 Å². The number of rotatable bonds is 8. The number of anilines is 1. The first-order valence-electron chi connectivity index (χ1n) is 11.7. The first-order chi connectivity index (χ1) is 17.8. The Hall–Kier alpha value is -4.59. The van der Waals surface area contributed by atoms with Gasteiger partial charge < -0.3 is 19.7 Å². The predicted molar refractivity (Wildman–Crippen MR) is 138 cm³/mol. The van der Waals surface area contributed by atoms with Crippen LogP contribution in [0.5, 0.6) is 11.5 Å². The number of amides is 1. The molecule has 0 bridgehead atoms. The summed E-state index contributed by atoms with van der Waals surface area (Å²) in [7, 11) is 2.87. The zero-order chi connectivity index (χ0) is 26.7. The predicted octanol–water partition coefficient (Wildman–Crippen LogP) is 4.52. The first kappa shape index (κ1) is 25.5. The summed E-state index contributed by atoms with van der Waals surface area (Å²) in [6.45, 7) is 2.02. The maximum atomic E-state index is 13.5. The number of Topliss-reactive ketones (excluding diaryl/α,β-unsaturated/α-hetero) is 1. The van der Waals surface area contributed by atoms with Crippen LogP contribution < -0.4 is 14.4 Å². The standard InChI is InChI=1S/C29H27NO7/c1-4-17-8-12-19(13-9-17)26-25(27(33)24-21(36-2)6-5-7-22(24)37-3)28(34)29(35)30(26)20-14-10-18(11-15-20)16-23(31)32/h5-15,26,33H,4,16H2,1-3H3,(H,31,32)/b27-25+. The number of ether oxygens (including phenoxy) is 2. The maximum Gasteiger partial charge on any atom is 0.307 e. The SMILES string of the molecule is CCc1ccc(C2/C(=C(\O)c3c(OC)cccc3OC)C(=O)C(=O)N2c2ccc(CC(=O)O)cc2)cc1. The molecule has 1 amide bonds. The molecular formula is C29H27NO7. The van der Waals surface area contributed by atoms with E-state index in [1.165, 1.54) is 19.1 Å². The van der Waals surface area contributed by atoms with Crippen LogP contribution in [0.1, 0.15) is 35.2 Å². The quantitative estimate of drug-likeness (QED) is 0.265. The molecule has 3 aromatic carbocycles. The molecule has 2 N–H and O–H groups in total. The highest BCUT2D eigenvalue weighted by Gasteiger charge is 2.47. The number of aliphatic hydroxyl groups excluding tert-OH is 1. The largest absolute Gasteiger partial charge is 0.506 e. The van der Waals surface area contributed by atoms with Gasteiger partial charge in [-0.3, -0.25) is 19.3 Å². The van der Waals surface area contributed by atoms with Gasteiger partial charge in [0.05, 0.1) is 32.3 Å². The molecular weight excluding hydrogens is 474 g/mol. The molecule has 190 valence electrons. The van der Waals surface area contributed by atoms with Gasteiger partial charge in [-0.05, 0) is 47.4 Å². The minimum atomic E-state index is -0.977. The molecule has 8 heteroatoms. The van der Waals surface area contributed by atoms with Gasteiger partial charge in [-0.1, -0.05) is 49.4 Å². The van der Waals surface area contributed by atoms with Crippen molar-refractivity contribution in [1.82, 2.24) is 0 Å². The number of hydrogen-bond acceptors (Lipinski definition) is 6. The van der Waals surface area contributed by atoms with E-state index in [0.717, 1.165) is 12.0 Å². The van der Waals surface area contributed by atoms with E-state index in [1.807, 2.05) is 31.2 Å². The lowest BCUT2D eigenvalue weighted by Gasteiger charge is -2.26. The molecule has 0 aliphatic carbocycles. The average molecular weight is 502 g/mol. The number of carbonyl (C=O) groups excluding carboxylic acids is 2. The number of aliphatic hydroxyl groups is 1. The number of carbonyl (C=O) groups is 3. The highest BCUT2D eigenvalue weighted by Crippen LogP contribution is 2.45. The van der Waals surface area contributed by atoms with Crippen LogP contribution in [0.3, 0.4) is 0 Å². The summed E-state index contributed by atoms with van der Waals surface area (Å²) in [5.74, 6) is -2.50. The Morgan fingerprint density at radius 2 is 1.43 bits per heavy atom. The second-order valence-electron chi connectivity index (χ2n) is 8.54. The molecule has 1 fully saturated rings. The molecule has 4 rings (SSSR count). The second-order valence-corrected chi connectivity index (χ2v) is 8.54. The molecule has 0 spiro atoms. The number of aryl methyl sites for hydroxylation is 1. The normalized spacial score (nSPS) is 16.6. The third kappa shape index (κ3) is 4.78. The molecule has 0 saturated carbocycles. The number of aliphatic carboxylic acids is 1. The van der Waals surface area contributed by atoms with Crippen LogP contribution in [0.15, 0.2) is 72.3 Å². The monoisotopic (exact) mass is 501 g/mol. The molecule has 8 nitrogen and oxygen atoms in total. The van der Waals surface area contributed by atoms with Gasteiger partial charge in [0.1, 0.15) is 22.8 Å². The van der Waals surface area contributed by atoms with Crippen LogP contribution in [0.2, 0.25) is 0 Å². The van der Waals surface area contributed by atoms with Gasteiger partial charge in [-0.2, -0.15) is 0 Å². The van der Waals surface area contributed by atoms with E-state index in [9.17, 15) is 19.5 Å². The zero-order valence-electron chi connectivity index (χ0n) is 20.7. The van der Waals surface area contributed by atoms with E-state index in [2.05, 4.69) is 0 Å². The van der Waals surface area contributed by atoms with Crippen LogP contribution in [0, 0.1) is 0 Å². The Bertz CT molecular complexity index is 1350. The first-order valence-corrected chi connectivity index (χ1v) is 11.7. The Kier molecular flexibility index (Phi) is 7.29. The third-order valence-electron chi connectivity index (χ3n) is 6.38. The van der Waals surface area contributed by atoms with Crippen molar-refractivity contribution >= 4 is 29.1 Å². The van der Waals surface area contributed by atoms with Crippen molar-refractivity contribution in [2.75, 3.05) is 19.1 Å². The van der Waals surface area contributed by atoms with Gasteiger partial charge in [0.15, 0.2) is 0 Å². The summed E-state index contributed by atoms with van der Waals surface area (Å²) < 4.78 is 10.9. The number of nitrogens with zero attached hydrogens (tertiary/aromatic N) is 1. The van der Waals surface area contributed by atoms with E-state index in [-0.39, 0.29) is 29.1 Å². The minimum absolute atomic E-state index is 0.105. The van der Waals surface area contributed by atoms with E-state index in [1.54, 1.807) is 42.5 Å². The van der Waals surface area contributed by atoms with Crippen molar-refractivity contribution in [2.24, 2.45) is 0 Å². The van der Waals surface area contributed by atoms with Crippen molar-refractivity contribution in [2.45, 2.75) is 25.8 Å². The van der Waals surface area contributed by atoms with Crippen molar-refractivity contribution in [1.29, 1.82) is 0 Å². The lowest BCUT2D eigenvalue weighted by Crippen LogP contribution is -2.29. The van der Waals surface area contributed by atoms with Crippen LogP contribution in [-0.2, 0) is 27.2 Å². The fourth-order valence-electron chi connectivity index (χ4n) is 4.52. The van der Waals surface area contributed by atoms with Crippen LogP contribution in [-0.4, -0.2) is 42.1 Å². The highest BCUT2D eigenvalue weighted by molar-refractivity contribution is 6.51. The molecule has 0 radical (unpaired) electrons. The van der Waals surface area contributed by atoms with E-state index in [4.69, 9.17) is 14.6 Å². The third-order valence-corrected chi connectivity index (χ3v) is 6.38. The van der Waals surface area contributed by atoms with Crippen LogP contribution >= 0.6 is 0 Å². The lowest BCUT2D eigenvalue weighted by molar-refractivity contribution is -0.136. The van der Waals surface area contributed by atoms with E-state index < -0.39 is 29.5 Å². The van der Waals surface area contributed by atoms with Crippen molar-refractivity contribution in [3.8, 4) is 11.5 Å². The molecule has 0 aromatic heterocycles. The van der Waals surface area contributed by atoms with Crippen LogP contribution in [0.25, 0.3) is 5.76 Å². The molecule has 1 unspecified atom stereocenters. The van der Waals surface area contributed by atoms with Gasteiger partial charge in [0, 0.05) is 5.69 Å². The molecule has 1 saturated heterocycles. The number of carboxylic acid groups (broad SMARTS) is 1. The van der Waals surface area contributed by atoms with Gasteiger partial charge in [-0.25, -0.2) is 0 Å². The number of hydrogen-bond donors (Lipinski definition) is 2. The topological polar surface area (TPSA) is 113 Å². The molecule has 1 atom stereocenters. The Morgan fingerprint density at radius 3 is 1.95 bits per heavy atom. The van der Waals surface area contributed by atoms with Crippen molar-refractivity contribution < 1.29 is 34.1 Å². The summed E-state index contributed by atoms with van der Waals surface area (Å²) in [6.07, 6.45) is 0.637. The van der Waals surface area contributed by atoms with Gasteiger partial charge in [0.2, 0.25) is 0 Å². The minimum Gasteiger partial charge on any atom is -0.506 e. The molecule has 1 aliphatic rings. The summed E-state index contributed by atoms with van der Waals surface area (Å²) in [5, 5.41) is 20.6. The molecule has 37 heavy (non-hydrogen) atoms. The summed E-state index contributed by atoms with van der Waals surface area (Å²) in [5.41, 5.74) is 2.71. The number of carboxylic acids is 1. The number of methoxy groups -OCH3 is 2. The number of benzene rings is 3. The van der Waals surface area contributed by atoms with E-state index >= 15 is 0 Å². The van der Waals surface area contributed by atoms with Gasteiger partial charge >= 0.3 is 5.97 Å². The van der Waals surface area contributed by atoms with Crippen molar-refractivity contribution in [3.05, 3.63) is 94.6 Å². The average Bonchev–Trinajstić information content (AvgIpc) is 3.18. The smallest absolute Gasteiger partial charge is 0.307 e. The molecule has 1 aliphatic heterocycles. The maximum absolute atomic E-state index is 13.5. The lowest BCUT2D eigenvalue weighted by atomic mass is 9.93. The van der Waals surface area contributed by atoms with Crippen molar-refractivity contribution in [3.63, 3.8) is 0 Å². The van der Waals surface area contributed by atoms with Gasteiger partial charge in [0.25, 0.3) is 11.7 Å². The highest BCUT2D eigenvalue weighted by atomic mass is 16.5. The molecule has 3 aromatic rings.